The Morgan fingerprint density at radius 2 is 1.88 bits per heavy atom. The molecule has 0 unspecified atom stereocenters. The molecule has 0 N–H and O–H groups in total. The molecule has 1 aliphatic carbocycles. The first kappa shape index (κ1) is 11.9. The Balaban J connectivity index is 2.22. The van der Waals surface area contributed by atoms with E-state index in [9.17, 15) is 4.79 Å². The summed E-state index contributed by atoms with van der Waals surface area (Å²) in [7, 11) is 1.51. The minimum absolute atomic E-state index is 0.0000926. The number of carbonyl (C=O) groups excluding carboxylic acids is 1. The van der Waals surface area contributed by atoms with Crippen molar-refractivity contribution in [1.82, 2.24) is 4.90 Å². The number of fused-ring (bicyclic) bond motifs is 3. The molecule has 3 heteroatoms. The van der Waals surface area contributed by atoms with Gasteiger partial charge in [-0.15, -0.1) is 0 Å². The molecule has 3 fully saturated rings. The van der Waals surface area contributed by atoms with Gasteiger partial charge in [-0.1, -0.05) is 0 Å². The average Bonchev–Trinajstić information content (AvgIpc) is 2.28. The number of esters is 1. The van der Waals surface area contributed by atoms with Crippen LogP contribution in [0.3, 0.4) is 0 Å². The van der Waals surface area contributed by atoms with Crippen molar-refractivity contribution in [3.8, 4) is 0 Å². The Kier molecular flexibility index (Phi) is 2.77. The number of nitrogens with zero attached hydrogens (tertiary/aromatic N) is 1. The molecule has 0 aromatic carbocycles. The van der Waals surface area contributed by atoms with E-state index in [0.717, 1.165) is 32.2 Å². The zero-order valence-corrected chi connectivity index (χ0v) is 10.9. The second-order valence-corrected chi connectivity index (χ2v) is 6.30. The largest absolute Gasteiger partial charge is 0.469 e. The topological polar surface area (TPSA) is 29.5 Å². The van der Waals surface area contributed by atoms with Crippen molar-refractivity contribution in [2.24, 2.45) is 5.41 Å². The first-order chi connectivity index (χ1) is 7.39. The third-order valence-electron chi connectivity index (χ3n) is 4.31. The number of hydrogen-bond acceptors (Lipinski definition) is 3. The molecule has 2 saturated heterocycles. The van der Waals surface area contributed by atoms with E-state index >= 15 is 0 Å². The minimum Gasteiger partial charge on any atom is -0.469 e. The lowest BCUT2D eigenvalue weighted by Crippen LogP contribution is -2.62. The fourth-order valence-corrected chi connectivity index (χ4v) is 3.35. The summed E-state index contributed by atoms with van der Waals surface area (Å²) in [5.74, 6) is -0.0000926. The van der Waals surface area contributed by atoms with Crippen molar-refractivity contribution in [2.45, 2.75) is 58.0 Å². The van der Waals surface area contributed by atoms with Gasteiger partial charge in [0.05, 0.1) is 12.5 Å². The Morgan fingerprint density at radius 3 is 2.31 bits per heavy atom. The van der Waals surface area contributed by atoms with Crippen LogP contribution in [-0.4, -0.2) is 36.1 Å². The first-order valence-corrected chi connectivity index (χ1v) is 6.24. The smallest absolute Gasteiger partial charge is 0.313 e. The fourth-order valence-electron chi connectivity index (χ4n) is 3.35. The van der Waals surface area contributed by atoms with Crippen molar-refractivity contribution >= 4 is 5.97 Å². The van der Waals surface area contributed by atoms with Gasteiger partial charge in [0.25, 0.3) is 0 Å². The van der Waals surface area contributed by atoms with Crippen LogP contribution in [0.1, 0.15) is 46.5 Å². The first-order valence-electron chi connectivity index (χ1n) is 6.24. The number of hydrogen-bond donors (Lipinski definition) is 0. The van der Waals surface area contributed by atoms with Gasteiger partial charge in [-0.25, -0.2) is 0 Å². The van der Waals surface area contributed by atoms with Crippen LogP contribution >= 0.6 is 0 Å². The Bertz CT molecular complexity index is 285. The van der Waals surface area contributed by atoms with E-state index in [0.29, 0.717) is 6.04 Å². The van der Waals surface area contributed by atoms with Crippen LogP contribution in [0.15, 0.2) is 0 Å². The highest BCUT2D eigenvalue weighted by molar-refractivity contribution is 5.77. The molecule has 2 aliphatic heterocycles. The van der Waals surface area contributed by atoms with Crippen LogP contribution in [0.4, 0.5) is 0 Å². The van der Waals surface area contributed by atoms with Gasteiger partial charge in [0.1, 0.15) is 0 Å². The third kappa shape index (κ3) is 1.75. The summed E-state index contributed by atoms with van der Waals surface area (Å²) in [4.78, 5) is 14.5. The maximum atomic E-state index is 12.0. The Hall–Kier alpha value is -0.570. The van der Waals surface area contributed by atoms with Crippen LogP contribution in [0.5, 0.6) is 0 Å². The van der Waals surface area contributed by atoms with E-state index in [1.807, 2.05) is 0 Å². The molecule has 2 heterocycles. The summed E-state index contributed by atoms with van der Waals surface area (Å²) in [6.07, 6.45) is 4.31. The molecule has 2 bridgehead atoms. The van der Waals surface area contributed by atoms with Crippen LogP contribution < -0.4 is 0 Å². The van der Waals surface area contributed by atoms with Crippen molar-refractivity contribution < 1.29 is 9.53 Å². The second kappa shape index (κ2) is 3.73. The third-order valence-corrected chi connectivity index (χ3v) is 4.31. The minimum atomic E-state index is -0.212. The van der Waals surface area contributed by atoms with Crippen molar-refractivity contribution in [1.29, 1.82) is 0 Å². The normalized spacial score (nSPS) is 35.1. The number of rotatable bonds is 1. The quantitative estimate of drug-likeness (QED) is 0.641. The summed E-state index contributed by atoms with van der Waals surface area (Å²) in [6, 6.07) is 0.673. The maximum Gasteiger partial charge on any atom is 0.313 e. The van der Waals surface area contributed by atoms with Gasteiger partial charge in [-0.05, 0) is 46.5 Å². The number of ether oxygens (including phenoxy) is 1. The summed E-state index contributed by atoms with van der Waals surface area (Å²) in [5, 5.41) is 0. The lowest BCUT2D eigenvalue weighted by molar-refractivity contribution is -0.167. The summed E-state index contributed by atoms with van der Waals surface area (Å²) >= 11 is 0. The maximum absolute atomic E-state index is 12.0. The molecule has 0 atom stereocenters. The predicted octanol–water partition coefficient (Wildman–Crippen LogP) is 2.20. The second-order valence-electron chi connectivity index (χ2n) is 6.30. The van der Waals surface area contributed by atoms with E-state index < -0.39 is 0 Å². The van der Waals surface area contributed by atoms with E-state index in [1.54, 1.807) is 0 Å². The van der Waals surface area contributed by atoms with E-state index in [-0.39, 0.29) is 16.9 Å². The van der Waals surface area contributed by atoms with Crippen molar-refractivity contribution in [2.75, 3.05) is 13.7 Å². The van der Waals surface area contributed by atoms with Crippen LogP contribution in [0, 0.1) is 5.41 Å². The van der Waals surface area contributed by atoms with Gasteiger partial charge in [-0.3, -0.25) is 9.69 Å². The number of piperidine rings is 2. The fraction of sp³-hybridized carbons (Fsp3) is 0.923. The number of methoxy groups -OCH3 is 1. The van der Waals surface area contributed by atoms with Gasteiger partial charge < -0.3 is 4.74 Å². The lowest BCUT2D eigenvalue weighted by Gasteiger charge is -2.55. The Labute approximate surface area is 98.1 Å². The van der Waals surface area contributed by atoms with Gasteiger partial charge >= 0.3 is 5.97 Å². The zero-order chi connectivity index (χ0) is 12.0. The molecule has 3 nitrogen and oxygen atoms in total. The Morgan fingerprint density at radius 1 is 1.31 bits per heavy atom. The monoisotopic (exact) mass is 225 g/mol. The van der Waals surface area contributed by atoms with Crippen LogP contribution in [0.25, 0.3) is 0 Å². The molecule has 3 rings (SSSR count). The molecule has 3 aliphatic rings. The van der Waals surface area contributed by atoms with Crippen molar-refractivity contribution in [3.63, 3.8) is 0 Å². The SMILES string of the molecule is COC(=O)C12CCC(CC1)N(C(C)(C)C)C2. The van der Waals surface area contributed by atoms with Crippen LogP contribution in [-0.2, 0) is 9.53 Å². The van der Waals surface area contributed by atoms with Crippen LogP contribution in [0.2, 0.25) is 0 Å². The molecule has 0 spiro atoms. The zero-order valence-electron chi connectivity index (χ0n) is 10.9. The molecule has 0 amide bonds. The van der Waals surface area contributed by atoms with E-state index in [4.69, 9.17) is 4.74 Å². The van der Waals surface area contributed by atoms with Gasteiger partial charge in [-0.2, -0.15) is 0 Å². The lowest BCUT2D eigenvalue weighted by atomic mass is 9.66. The predicted molar refractivity (Wildman–Crippen MR) is 63.2 cm³/mol. The molecular weight excluding hydrogens is 202 g/mol. The van der Waals surface area contributed by atoms with E-state index in [2.05, 4.69) is 25.7 Å². The molecule has 0 radical (unpaired) electrons. The van der Waals surface area contributed by atoms with Gasteiger partial charge in [0.15, 0.2) is 0 Å². The van der Waals surface area contributed by atoms with Gasteiger partial charge in [0, 0.05) is 18.1 Å². The molecule has 0 aromatic rings. The van der Waals surface area contributed by atoms with Crippen molar-refractivity contribution in [3.05, 3.63) is 0 Å². The molecule has 92 valence electrons. The molecule has 0 aromatic heterocycles. The highest BCUT2D eigenvalue weighted by Gasteiger charge is 2.52. The average molecular weight is 225 g/mol. The molecular formula is C13H23NO2. The summed E-state index contributed by atoms with van der Waals surface area (Å²) < 4.78 is 5.00. The van der Waals surface area contributed by atoms with Gasteiger partial charge in [0.2, 0.25) is 0 Å². The summed E-state index contributed by atoms with van der Waals surface area (Å²) in [6.45, 7) is 7.59. The number of carbonyl (C=O) groups is 1. The molecule has 1 saturated carbocycles. The highest BCUT2D eigenvalue weighted by Crippen LogP contribution is 2.47. The summed E-state index contributed by atoms with van der Waals surface area (Å²) in [5.41, 5.74) is -0.0540. The molecule has 16 heavy (non-hydrogen) atoms. The van der Waals surface area contributed by atoms with E-state index in [1.165, 1.54) is 7.11 Å². The standard InChI is InChI=1S/C13H23NO2/c1-12(2,3)14-9-13(11(15)16-4)7-5-10(14)6-8-13/h10H,5-9H2,1-4H3. The highest BCUT2D eigenvalue weighted by atomic mass is 16.5.